The third kappa shape index (κ3) is 5.26. The molecule has 0 spiro atoms. The van der Waals surface area contributed by atoms with Crippen LogP contribution >= 0.6 is 11.6 Å². The largest absolute Gasteiger partial charge is 0.345 e. The molecule has 4 heteroatoms. The Balaban J connectivity index is 1.81. The highest BCUT2D eigenvalue weighted by Gasteiger charge is 2.18. The molecule has 2 aromatic carbocycles. The number of nitrogens with zero attached hydrogens (tertiary/aromatic N) is 2. The summed E-state index contributed by atoms with van der Waals surface area (Å²) in [7, 11) is 0. The van der Waals surface area contributed by atoms with Gasteiger partial charge >= 0.3 is 0 Å². The van der Waals surface area contributed by atoms with E-state index in [4.69, 9.17) is 11.6 Å². The molecule has 0 aliphatic carbocycles. The van der Waals surface area contributed by atoms with Gasteiger partial charge in [-0.15, -0.1) is 0 Å². The Labute approximate surface area is 172 Å². The first-order valence-electron chi connectivity index (χ1n) is 9.67. The summed E-state index contributed by atoms with van der Waals surface area (Å²) < 4.78 is 2.18. The maximum Gasteiger partial charge on any atom is 0.254 e. The van der Waals surface area contributed by atoms with Crippen LogP contribution < -0.4 is 0 Å². The summed E-state index contributed by atoms with van der Waals surface area (Å²) in [5.41, 5.74) is 4.15. The van der Waals surface area contributed by atoms with Gasteiger partial charge in [-0.3, -0.25) is 4.79 Å². The normalized spacial score (nSPS) is 11.0. The van der Waals surface area contributed by atoms with Gasteiger partial charge in [0.15, 0.2) is 0 Å². The topological polar surface area (TPSA) is 25.2 Å². The van der Waals surface area contributed by atoms with Gasteiger partial charge in [0, 0.05) is 35.6 Å². The molecule has 0 saturated heterocycles. The lowest BCUT2D eigenvalue weighted by atomic mass is 10.1. The van der Waals surface area contributed by atoms with Crippen molar-refractivity contribution < 1.29 is 4.79 Å². The minimum absolute atomic E-state index is 0.0733. The zero-order valence-corrected chi connectivity index (χ0v) is 17.5. The molecular formula is C24H27ClN2O. The van der Waals surface area contributed by atoms with Crippen molar-refractivity contribution in [1.29, 1.82) is 0 Å². The minimum Gasteiger partial charge on any atom is -0.345 e. The monoisotopic (exact) mass is 394 g/mol. The lowest BCUT2D eigenvalue weighted by Gasteiger charge is -2.25. The SMILES string of the molecule is Cc1ccc(C(=O)N(Cc2cccn2Cc2cccc(Cl)c2)CC(C)C)cc1. The number of aryl methyl sites for hydroxylation is 1. The molecule has 1 amide bonds. The van der Waals surface area contributed by atoms with Crippen molar-refractivity contribution in [1.82, 2.24) is 9.47 Å². The molecule has 1 heterocycles. The second-order valence-corrected chi connectivity index (χ2v) is 8.14. The Morgan fingerprint density at radius 1 is 1.07 bits per heavy atom. The third-order valence-electron chi connectivity index (χ3n) is 4.69. The number of carbonyl (C=O) groups is 1. The van der Waals surface area contributed by atoms with Gasteiger partial charge < -0.3 is 9.47 Å². The number of amides is 1. The summed E-state index contributed by atoms with van der Waals surface area (Å²) in [6.07, 6.45) is 2.06. The van der Waals surface area contributed by atoms with E-state index < -0.39 is 0 Å². The van der Waals surface area contributed by atoms with Crippen molar-refractivity contribution in [3.8, 4) is 0 Å². The number of carbonyl (C=O) groups excluding carboxylic acids is 1. The van der Waals surface area contributed by atoms with E-state index in [1.54, 1.807) is 0 Å². The molecule has 0 radical (unpaired) electrons. The van der Waals surface area contributed by atoms with Crippen LogP contribution in [0.3, 0.4) is 0 Å². The van der Waals surface area contributed by atoms with Gasteiger partial charge in [0.25, 0.3) is 5.91 Å². The summed E-state index contributed by atoms with van der Waals surface area (Å²) in [5, 5.41) is 0.738. The quantitative estimate of drug-likeness (QED) is 0.497. The summed E-state index contributed by atoms with van der Waals surface area (Å²) in [6, 6.07) is 19.8. The molecule has 0 saturated carbocycles. The maximum atomic E-state index is 13.1. The van der Waals surface area contributed by atoms with Crippen LogP contribution in [0, 0.1) is 12.8 Å². The summed E-state index contributed by atoms with van der Waals surface area (Å²) >= 11 is 6.12. The summed E-state index contributed by atoms with van der Waals surface area (Å²) in [5.74, 6) is 0.468. The van der Waals surface area contributed by atoms with Gasteiger partial charge in [-0.25, -0.2) is 0 Å². The summed E-state index contributed by atoms with van der Waals surface area (Å²) in [6.45, 7) is 8.34. The standard InChI is InChI=1S/C24H27ClN2O/c1-18(2)15-27(24(28)21-11-9-19(3)10-12-21)17-23-8-5-13-26(23)16-20-6-4-7-22(25)14-20/h4-14,18H,15-17H2,1-3H3. The first-order valence-corrected chi connectivity index (χ1v) is 10.0. The van der Waals surface area contributed by atoms with Gasteiger partial charge in [0.2, 0.25) is 0 Å². The van der Waals surface area contributed by atoms with Crippen molar-refractivity contribution in [2.24, 2.45) is 5.92 Å². The van der Waals surface area contributed by atoms with Crippen molar-refractivity contribution in [2.75, 3.05) is 6.54 Å². The van der Waals surface area contributed by atoms with E-state index in [1.165, 1.54) is 0 Å². The molecule has 0 atom stereocenters. The highest BCUT2D eigenvalue weighted by molar-refractivity contribution is 6.30. The predicted octanol–water partition coefficient (Wildman–Crippen LogP) is 5.80. The number of rotatable bonds is 7. The van der Waals surface area contributed by atoms with Gasteiger partial charge in [-0.1, -0.05) is 55.3 Å². The van der Waals surface area contributed by atoms with Crippen LogP contribution in [0.15, 0.2) is 66.9 Å². The molecule has 0 unspecified atom stereocenters. The molecule has 146 valence electrons. The second kappa shape index (κ2) is 9.11. The van der Waals surface area contributed by atoms with Gasteiger partial charge in [-0.2, -0.15) is 0 Å². The highest BCUT2D eigenvalue weighted by Crippen LogP contribution is 2.17. The van der Waals surface area contributed by atoms with E-state index in [-0.39, 0.29) is 5.91 Å². The summed E-state index contributed by atoms with van der Waals surface area (Å²) in [4.78, 5) is 15.1. The fraction of sp³-hybridized carbons (Fsp3) is 0.292. The molecule has 0 bridgehead atoms. The molecule has 0 fully saturated rings. The van der Waals surface area contributed by atoms with Crippen LogP contribution in [0.4, 0.5) is 0 Å². The van der Waals surface area contributed by atoms with Crippen LogP contribution in [0.2, 0.25) is 5.02 Å². The fourth-order valence-corrected chi connectivity index (χ4v) is 3.53. The van der Waals surface area contributed by atoms with Gasteiger partial charge in [0.1, 0.15) is 0 Å². The number of benzene rings is 2. The zero-order chi connectivity index (χ0) is 20.1. The lowest BCUT2D eigenvalue weighted by molar-refractivity contribution is 0.0718. The number of aromatic nitrogens is 1. The van der Waals surface area contributed by atoms with Crippen molar-refractivity contribution in [3.63, 3.8) is 0 Å². The Bertz CT molecular complexity index is 928. The van der Waals surface area contributed by atoms with Crippen LogP contribution in [-0.4, -0.2) is 21.9 Å². The molecule has 3 aromatic rings. The Morgan fingerprint density at radius 2 is 1.82 bits per heavy atom. The molecule has 3 nitrogen and oxygen atoms in total. The van der Waals surface area contributed by atoms with E-state index >= 15 is 0 Å². The Kier molecular flexibility index (Phi) is 6.58. The lowest BCUT2D eigenvalue weighted by Crippen LogP contribution is -2.34. The molecule has 28 heavy (non-hydrogen) atoms. The highest BCUT2D eigenvalue weighted by atomic mass is 35.5. The average Bonchev–Trinajstić information content (AvgIpc) is 3.07. The maximum absolute atomic E-state index is 13.1. The van der Waals surface area contributed by atoms with Crippen molar-refractivity contribution >= 4 is 17.5 Å². The molecule has 1 aromatic heterocycles. The van der Waals surface area contributed by atoms with Crippen molar-refractivity contribution in [3.05, 3.63) is 94.3 Å². The molecule has 3 rings (SSSR count). The van der Waals surface area contributed by atoms with E-state index in [1.807, 2.05) is 60.4 Å². The number of hydrogen-bond acceptors (Lipinski definition) is 1. The average molecular weight is 395 g/mol. The van der Waals surface area contributed by atoms with Crippen molar-refractivity contribution in [2.45, 2.75) is 33.9 Å². The van der Waals surface area contributed by atoms with E-state index in [9.17, 15) is 4.79 Å². The predicted molar refractivity (Wildman–Crippen MR) is 116 cm³/mol. The molecule has 0 N–H and O–H groups in total. The molecule has 0 aliphatic rings. The van der Waals surface area contributed by atoms with E-state index in [0.717, 1.165) is 40.5 Å². The number of hydrogen-bond donors (Lipinski definition) is 0. The second-order valence-electron chi connectivity index (χ2n) is 7.70. The van der Waals surface area contributed by atoms with Crippen LogP contribution in [0.1, 0.15) is 41.0 Å². The smallest absolute Gasteiger partial charge is 0.254 e. The Hall–Kier alpha value is -2.52. The Morgan fingerprint density at radius 3 is 2.50 bits per heavy atom. The van der Waals surface area contributed by atoms with Crippen LogP contribution in [-0.2, 0) is 13.1 Å². The first-order chi connectivity index (χ1) is 13.4. The molecular weight excluding hydrogens is 368 g/mol. The minimum atomic E-state index is 0.0733. The van der Waals surface area contributed by atoms with Crippen LogP contribution in [0.25, 0.3) is 0 Å². The number of halogens is 1. The van der Waals surface area contributed by atoms with E-state index in [2.05, 4.69) is 36.7 Å². The van der Waals surface area contributed by atoms with Gasteiger partial charge in [-0.05, 0) is 54.8 Å². The first kappa shape index (κ1) is 20.2. The third-order valence-corrected chi connectivity index (χ3v) is 4.92. The molecule has 0 aliphatic heterocycles. The van der Waals surface area contributed by atoms with Crippen LogP contribution in [0.5, 0.6) is 0 Å². The fourth-order valence-electron chi connectivity index (χ4n) is 3.31. The van der Waals surface area contributed by atoms with Gasteiger partial charge in [0.05, 0.1) is 6.54 Å². The van der Waals surface area contributed by atoms with E-state index in [0.29, 0.717) is 12.5 Å². The zero-order valence-electron chi connectivity index (χ0n) is 16.7.